The smallest absolute Gasteiger partial charge is 0.228 e. The average Bonchev–Trinajstić information content (AvgIpc) is 2.68. The third-order valence-corrected chi connectivity index (χ3v) is 4.00. The fourth-order valence-electron chi connectivity index (χ4n) is 2.81. The summed E-state index contributed by atoms with van der Waals surface area (Å²) < 4.78 is 0. The van der Waals surface area contributed by atoms with Crippen LogP contribution in [0, 0.1) is 5.92 Å². The van der Waals surface area contributed by atoms with Gasteiger partial charge < -0.3 is 16.0 Å². The predicted octanol–water partition coefficient (Wildman–Crippen LogP) is 2.00. The number of fused-ring (bicyclic) bond motifs is 1. The van der Waals surface area contributed by atoms with Gasteiger partial charge in [0.15, 0.2) is 0 Å². The second-order valence-electron chi connectivity index (χ2n) is 5.46. The second kappa shape index (κ2) is 4.19. The minimum Gasteiger partial charge on any atom is -0.397 e. The Morgan fingerprint density at radius 3 is 2.78 bits per heavy atom. The molecule has 1 amide bonds. The van der Waals surface area contributed by atoms with E-state index in [1.54, 1.807) is 0 Å². The fraction of sp³-hybridized carbons (Fsp3) is 0.500. The van der Waals surface area contributed by atoms with Crippen LogP contribution in [0.4, 0.5) is 17.1 Å². The molecule has 1 aromatic carbocycles. The molecule has 0 bridgehead atoms. The van der Waals surface area contributed by atoms with E-state index in [0.29, 0.717) is 6.42 Å². The summed E-state index contributed by atoms with van der Waals surface area (Å²) in [4.78, 5) is 13.7. The van der Waals surface area contributed by atoms with E-state index >= 15 is 0 Å². The van der Waals surface area contributed by atoms with Gasteiger partial charge in [-0.15, -0.1) is 0 Å². The Morgan fingerprint density at radius 1 is 1.33 bits per heavy atom. The lowest BCUT2D eigenvalue weighted by atomic mass is 9.98. The Bertz CT molecular complexity index is 490. The fourth-order valence-corrected chi connectivity index (χ4v) is 2.81. The number of hydrogen-bond acceptors (Lipinski definition) is 3. The Kier molecular flexibility index (Phi) is 2.65. The molecule has 0 radical (unpaired) electrons. The van der Waals surface area contributed by atoms with Crippen LogP contribution in [0.1, 0.15) is 25.3 Å². The van der Waals surface area contributed by atoms with Gasteiger partial charge >= 0.3 is 0 Å². The predicted molar refractivity (Wildman–Crippen MR) is 73.8 cm³/mol. The molecule has 0 atom stereocenters. The summed E-state index contributed by atoms with van der Waals surface area (Å²) in [6.45, 7) is 4.40. The Labute approximate surface area is 107 Å². The number of nitrogen functional groups attached to an aromatic ring is 1. The lowest BCUT2D eigenvalue weighted by Gasteiger charge is -2.33. The molecule has 3 N–H and O–H groups in total. The van der Waals surface area contributed by atoms with Crippen LogP contribution in [-0.2, 0) is 11.2 Å². The normalized spacial score (nSPS) is 19.8. The average molecular weight is 245 g/mol. The van der Waals surface area contributed by atoms with E-state index < -0.39 is 0 Å². The van der Waals surface area contributed by atoms with Gasteiger partial charge in [-0.25, -0.2) is 0 Å². The van der Waals surface area contributed by atoms with Gasteiger partial charge in [0.25, 0.3) is 0 Å². The number of benzene rings is 1. The van der Waals surface area contributed by atoms with E-state index in [4.69, 9.17) is 5.73 Å². The lowest BCUT2D eigenvalue weighted by molar-refractivity contribution is -0.115. The van der Waals surface area contributed by atoms with Crippen LogP contribution in [0.2, 0.25) is 0 Å². The molecule has 2 aliphatic heterocycles. The molecule has 1 fully saturated rings. The maximum Gasteiger partial charge on any atom is 0.228 e. The first-order valence-corrected chi connectivity index (χ1v) is 6.60. The van der Waals surface area contributed by atoms with Crippen molar-refractivity contribution < 1.29 is 4.79 Å². The summed E-state index contributed by atoms with van der Waals surface area (Å²) in [5.41, 5.74) is 9.94. The van der Waals surface area contributed by atoms with Crippen LogP contribution in [-0.4, -0.2) is 19.0 Å². The topological polar surface area (TPSA) is 58.4 Å². The molecule has 2 heterocycles. The van der Waals surface area contributed by atoms with Crippen molar-refractivity contribution in [2.45, 2.75) is 26.2 Å². The summed E-state index contributed by atoms with van der Waals surface area (Å²) >= 11 is 0. The van der Waals surface area contributed by atoms with Crippen LogP contribution in [0.15, 0.2) is 12.1 Å². The van der Waals surface area contributed by atoms with Crippen molar-refractivity contribution in [3.63, 3.8) is 0 Å². The highest BCUT2D eigenvalue weighted by Gasteiger charge is 2.23. The number of piperidine rings is 1. The molecule has 4 nitrogen and oxygen atoms in total. The van der Waals surface area contributed by atoms with E-state index in [2.05, 4.69) is 17.1 Å². The van der Waals surface area contributed by atoms with Crippen molar-refractivity contribution in [2.75, 3.05) is 29.0 Å². The molecule has 0 unspecified atom stereocenters. The molecule has 0 aromatic heterocycles. The zero-order valence-corrected chi connectivity index (χ0v) is 10.7. The summed E-state index contributed by atoms with van der Waals surface area (Å²) in [5.74, 6) is 0.866. The monoisotopic (exact) mass is 245 g/mol. The summed E-state index contributed by atoms with van der Waals surface area (Å²) in [5, 5.41) is 2.89. The number of carbonyl (C=O) groups excluding carboxylic acids is 1. The largest absolute Gasteiger partial charge is 0.397 e. The summed E-state index contributed by atoms with van der Waals surface area (Å²) in [6.07, 6.45) is 2.88. The van der Waals surface area contributed by atoms with Gasteiger partial charge in [-0.1, -0.05) is 6.92 Å². The molecule has 2 aliphatic rings. The standard InChI is InChI=1S/C14H19N3O/c1-9-2-4-17(5-3-9)13-8-12-10(6-11(13)15)7-14(18)16-12/h6,8-9H,2-5,7,15H2,1H3,(H,16,18). The molecule has 3 rings (SSSR count). The number of hydrogen-bond donors (Lipinski definition) is 2. The van der Waals surface area contributed by atoms with Gasteiger partial charge in [0.2, 0.25) is 5.91 Å². The van der Waals surface area contributed by atoms with Gasteiger partial charge in [0.1, 0.15) is 0 Å². The molecule has 1 aromatic rings. The maximum absolute atomic E-state index is 11.4. The van der Waals surface area contributed by atoms with E-state index in [1.807, 2.05) is 12.1 Å². The third kappa shape index (κ3) is 1.92. The second-order valence-corrected chi connectivity index (χ2v) is 5.46. The molecule has 18 heavy (non-hydrogen) atoms. The highest BCUT2D eigenvalue weighted by Crippen LogP contribution is 2.35. The number of nitrogens with one attached hydrogen (secondary N) is 1. The zero-order valence-electron chi connectivity index (χ0n) is 10.7. The van der Waals surface area contributed by atoms with Crippen molar-refractivity contribution in [1.29, 1.82) is 0 Å². The number of carbonyl (C=O) groups is 1. The van der Waals surface area contributed by atoms with Gasteiger partial charge in [-0.05, 0) is 36.5 Å². The first-order chi connectivity index (χ1) is 8.63. The highest BCUT2D eigenvalue weighted by atomic mass is 16.1. The first-order valence-electron chi connectivity index (χ1n) is 6.60. The Balaban J connectivity index is 1.89. The molecular weight excluding hydrogens is 226 g/mol. The van der Waals surface area contributed by atoms with Crippen LogP contribution in [0.25, 0.3) is 0 Å². The lowest BCUT2D eigenvalue weighted by Crippen LogP contribution is -2.33. The van der Waals surface area contributed by atoms with Crippen molar-refractivity contribution in [2.24, 2.45) is 5.92 Å². The van der Waals surface area contributed by atoms with E-state index in [0.717, 1.165) is 41.6 Å². The zero-order chi connectivity index (χ0) is 12.7. The van der Waals surface area contributed by atoms with Crippen LogP contribution < -0.4 is 16.0 Å². The number of anilines is 3. The van der Waals surface area contributed by atoms with Gasteiger partial charge in [0, 0.05) is 18.8 Å². The van der Waals surface area contributed by atoms with Crippen LogP contribution in [0.5, 0.6) is 0 Å². The number of nitrogens with zero attached hydrogens (tertiary/aromatic N) is 1. The van der Waals surface area contributed by atoms with Gasteiger partial charge in [-0.3, -0.25) is 4.79 Å². The number of amides is 1. The molecule has 0 spiro atoms. The first kappa shape index (κ1) is 11.4. The Hall–Kier alpha value is -1.71. The number of nitrogens with two attached hydrogens (primary N) is 1. The van der Waals surface area contributed by atoms with E-state index in [-0.39, 0.29) is 5.91 Å². The van der Waals surface area contributed by atoms with Gasteiger partial charge in [0.05, 0.1) is 17.8 Å². The Morgan fingerprint density at radius 2 is 2.06 bits per heavy atom. The number of rotatable bonds is 1. The van der Waals surface area contributed by atoms with Crippen molar-refractivity contribution in [1.82, 2.24) is 0 Å². The van der Waals surface area contributed by atoms with Gasteiger partial charge in [-0.2, -0.15) is 0 Å². The molecule has 0 aliphatic carbocycles. The quantitative estimate of drug-likeness (QED) is 0.744. The summed E-state index contributed by atoms with van der Waals surface area (Å²) in [7, 11) is 0. The SMILES string of the molecule is CC1CCN(c2cc3c(cc2N)CC(=O)N3)CC1. The molecule has 0 saturated carbocycles. The molecule has 96 valence electrons. The van der Waals surface area contributed by atoms with E-state index in [9.17, 15) is 4.79 Å². The minimum absolute atomic E-state index is 0.0637. The van der Waals surface area contributed by atoms with Crippen LogP contribution in [0.3, 0.4) is 0 Å². The van der Waals surface area contributed by atoms with Crippen molar-refractivity contribution in [3.05, 3.63) is 17.7 Å². The van der Waals surface area contributed by atoms with Crippen LogP contribution >= 0.6 is 0 Å². The summed E-state index contributed by atoms with van der Waals surface area (Å²) in [6, 6.07) is 3.98. The molecular formula is C14H19N3O. The van der Waals surface area contributed by atoms with Crippen molar-refractivity contribution in [3.8, 4) is 0 Å². The third-order valence-electron chi connectivity index (χ3n) is 4.00. The van der Waals surface area contributed by atoms with E-state index in [1.165, 1.54) is 12.8 Å². The minimum atomic E-state index is 0.0637. The molecule has 1 saturated heterocycles. The maximum atomic E-state index is 11.4. The highest BCUT2D eigenvalue weighted by molar-refractivity contribution is 6.00. The van der Waals surface area contributed by atoms with Crippen molar-refractivity contribution >= 4 is 23.0 Å². The molecule has 4 heteroatoms.